The molecular formula is C14H18N2O5. The number of nitro groups is 1. The number of benzene rings is 1. The lowest BCUT2D eigenvalue weighted by atomic mass is 10.1. The second-order valence-corrected chi connectivity index (χ2v) is 5.08. The van der Waals surface area contributed by atoms with Crippen LogP contribution in [0.5, 0.6) is 5.75 Å². The zero-order valence-corrected chi connectivity index (χ0v) is 11.7. The van der Waals surface area contributed by atoms with E-state index in [-0.39, 0.29) is 22.9 Å². The summed E-state index contributed by atoms with van der Waals surface area (Å²) in [6.07, 6.45) is 2.08. The smallest absolute Gasteiger partial charge is 0.285 e. The summed E-state index contributed by atoms with van der Waals surface area (Å²) in [5.74, 6) is -0.394. The van der Waals surface area contributed by atoms with E-state index in [0.717, 1.165) is 19.3 Å². The van der Waals surface area contributed by atoms with Gasteiger partial charge in [-0.3, -0.25) is 14.9 Å². The Morgan fingerprint density at radius 3 is 2.86 bits per heavy atom. The van der Waals surface area contributed by atoms with Crippen LogP contribution in [0, 0.1) is 16.0 Å². The summed E-state index contributed by atoms with van der Waals surface area (Å²) in [4.78, 5) is 22.7. The second-order valence-electron chi connectivity index (χ2n) is 5.08. The molecule has 0 spiro atoms. The van der Waals surface area contributed by atoms with E-state index in [1.807, 2.05) is 0 Å². The van der Waals surface area contributed by atoms with Gasteiger partial charge in [-0.25, -0.2) is 0 Å². The van der Waals surface area contributed by atoms with Crippen molar-refractivity contribution < 1.29 is 19.6 Å². The number of nitro benzene ring substituents is 1. The van der Waals surface area contributed by atoms with Crippen LogP contribution in [0.1, 0.15) is 29.6 Å². The molecule has 0 heterocycles. The first-order valence-electron chi connectivity index (χ1n) is 6.82. The van der Waals surface area contributed by atoms with Gasteiger partial charge in [-0.2, -0.15) is 0 Å². The van der Waals surface area contributed by atoms with Crippen LogP contribution in [-0.2, 0) is 0 Å². The zero-order valence-electron chi connectivity index (χ0n) is 11.7. The fraction of sp³-hybridized carbons (Fsp3) is 0.500. The Morgan fingerprint density at radius 2 is 2.29 bits per heavy atom. The van der Waals surface area contributed by atoms with Crippen molar-refractivity contribution in [1.82, 2.24) is 5.32 Å². The fourth-order valence-electron chi connectivity index (χ4n) is 2.64. The molecule has 1 aliphatic carbocycles. The summed E-state index contributed by atoms with van der Waals surface area (Å²) in [6, 6.07) is 4.24. The van der Waals surface area contributed by atoms with E-state index in [0.29, 0.717) is 6.54 Å². The van der Waals surface area contributed by atoms with Gasteiger partial charge in [0.15, 0.2) is 5.56 Å². The van der Waals surface area contributed by atoms with E-state index in [2.05, 4.69) is 5.32 Å². The van der Waals surface area contributed by atoms with Crippen LogP contribution >= 0.6 is 0 Å². The molecule has 2 unspecified atom stereocenters. The molecular weight excluding hydrogens is 276 g/mol. The lowest BCUT2D eigenvalue weighted by Gasteiger charge is -2.15. The molecule has 1 aromatic rings. The minimum Gasteiger partial charge on any atom is -0.496 e. The number of methoxy groups -OCH3 is 1. The van der Waals surface area contributed by atoms with Gasteiger partial charge in [0.2, 0.25) is 0 Å². The third-order valence-corrected chi connectivity index (χ3v) is 3.79. The van der Waals surface area contributed by atoms with Crippen LogP contribution in [0.2, 0.25) is 0 Å². The highest BCUT2D eigenvalue weighted by Gasteiger charge is 2.28. The third kappa shape index (κ3) is 3.30. The van der Waals surface area contributed by atoms with E-state index in [4.69, 9.17) is 4.74 Å². The number of hydrogen-bond acceptors (Lipinski definition) is 5. The normalized spacial score (nSPS) is 21.0. The number of rotatable bonds is 5. The van der Waals surface area contributed by atoms with Gasteiger partial charge in [0.05, 0.1) is 18.1 Å². The first kappa shape index (κ1) is 15.2. The Hall–Kier alpha value is -2.15. The quantitative estimate of drug-likeness (QED) is 0.633. The standard InChI is InChI=1S/C14H18N2O5/c1-21-12-7-3-5-10(16(19)20)13(12)14(18)15-8-9-4-2-6-11(9)17/h3,5,7,9,11,17H,2,4,6,8H2,1H3,(H,15,18). The molecule has 2 rings (SSSR count). The van der Waals surface area contributed by atoms with E-state index in [1.54, 1.807) is 0 Å². The summed E-state index contributed by atoms with van der Waals surface area (Å²) < 4.78 is 5.04. The zero-order chi connectivity index (χ0) is 15.4. The highest BCUT2D eigenvalue weighted by Crippen LogP contribution is 2.29. The summed E-state index contributed by atoms with van der Waals surface area (Å²) in [7, 11) is 1.36. The highest BCUT2D eigenvalue weighted by molar-refractivity contribution is 6.00. The summed E-state index contributed by atoms with van der Waals surface area (Å²) in [5.41, 5.74) is -0.378. The molecule has 1 saturated carbocycles. The van der Waals surface area contributed by atoms with Crippen molar-refractivity contribution in [3.63, 3.8) is 0 Å². The number of nitrogens with zero attached hydrogens (tertiary/aromatic N) is 1. The van der Waals surface area contributed by atoms with Crippen molar-refractivity contribution in [3.05, 3.63) is 33.9 Å². The van der Waals surface area contributed by atoms with E-state index in [1.165, 1.54) is 25.3 Å². The van der Waals surface area contributed by atoms with Crippen LogP contribution in [0.3, 0.4) is 0 Å². The number of carbonyl (C=O) groups is 1. The molecule has 1 aliphatic rings. The molecule has 7 heteroatoms. The van der Waals surface area contributed by atoms with Crippen LogP contribution in [0.15, 0.2) is 18.2 Å². The first-order valence-corrected chi connectivity index (χ1v) is 6.82. The number of ether oxygens (including phenoxy) is 1. The van der Waals surface area contributed by atoms with Gasteiger partial charge in [0.25, 0.3) is 11.6 Å². The number of aliphatic hydroxyl groups excluding tert-OH is 1. The number of amides is 1. The van der Waals surface area contributed by atoms with Gasteiger partial charge in [0, 0.05) is 18.5 Å². The van der Waals surface area contributed by atoms with Crippen molar-refractivity contribution >= 4 is 11.6 Å². The molecule has 2 atom stereocenters. The molecule has 1 amide bonds. The van der Waals surface area contributed by atoms with Gasteiger partial charge >= 0.3 is 0 Å². The molecule has 114 valence electrons. The Bertz CT molecular complexity index is 546. The molecule has 0 radical (unpaired) electrons. The molecule has 0 aromatic heterocycles. The average Bonchev–Trinajstić information content (AvgIpc) is 2.89. The van der Waals surface area contributed by atoms with E-state index < -0.39 is 16.9 Å². The van der Waals surface area contributed by atoms with Gasteiger partial charge in [-0.15, -0.1) is 0 Å². The number of carbonyl (C=O) groups excluding carboxylic acids is 1. The van der Waals surface area contributed by atoms with Gasteiger partial charge < -0.3 is 15.2 Å². The lowest BCUT2D eigenvalue weighted by molar-refractivity contribution is -0.385. The molecule has 0 saturated heterocycles. The number of aliphatic hydroxyl groups is 1. The maximum Gasteiger partial charge on any atom is 0.285 e. The summed E-state index contributed by atoms with van der Waals surface area (Å²) in [5, 5.41) is 23.4. The van der Waals surface area contributed by atoms with Crippen molar-refractivity contribution in [2.75, 3.05) is 13.7 Å². The van der Waals surface area contributed by atoms with Crippen molar-refractivity contribution in [3.8, 4) is 5.75 Å². The summed E-state index contributed by atoms with van der Waals surface area (Å²) >= 11 is 0. The van der Waals surface area contributed by atoms with Crippen molar-refractivity contribution in [1.29, 1.82) is 0 Å². The summed E-state index contributed by atoms with van der Waals surface area (Å²) in [6.45, 7) is 0.301. The maximum atomic E-state index is 12.2. The number of nitrogens with one attached hydrogen (secondary N) is 1. The van der Waals surface area contributed by atoms with Crippen LogP contribution in [-0.4, -0.2) is 35.7 Å². The highest BCUT2D eigenvalue weighted by atomic mass is 16.6. The Labute approximate surface area is 122 Å². The minimum absolute atomic E-state index is 0.00251. The Morgan fingerprint density at radius 1 is 1.52 bits per heavy atom. The van der Waals surface area contributed by atoms with Crippen LogP contribution < -0.4 is 10.1 Å². The lowest BCUT2D eigenvalue weighted by Crippen LogP contribution is -2.33. The second kappa shape index (κ2) is 6.53. The largest absolute Gasteiger partial charge is 0.496 e. The van der Waals surface area contributed by atoms with Gasteiger partial charge in [0.1, 0.15) is 5.75 Å². The molecule has 21 heavy (non-hydrogen) atoms. The molecule has 2 N–H and O–H groups in total. The fourth-order valence-corrected chi connectivity index (χ4v) is 2.64. The maximum absolute atomic E-state index is 12.2. The van der Waals surface area contributed by atoms with Crippen molar-refractivity contribution in [2.45, 2.75) is 25.4 Å². The average molecular weight is 294 g/mol. The third-order valence-electron chi connectivity index (χ3n) is 3.79. The van der Waals surface area contributed by atoms with E-state index >= 15 is 0 Å². The SMILES string of the molecule is COc1cccc([N+](=O)[O-])c1C(=O)NCC1CCCC1O. The van der Waals surface area contributed by atoms with Crippen LogP contribution in [0.25, 0.3) is 0 Å². The Balaban J connectivity index is 2.16. The van der Waals surface area contributed by atoms with Gasteiger partial charge in [-0.05, 0) is 18.9 Å². The van der Waals surface area contributed by atoms with Gasteiger partial charge in [-0.1, -0.05) is 12.5 Å². The number of hydrogen-bond donors (Lipinski definition) is 2. The van der Waals surface area contributed by atoms with Crippen LogP contribution in [0.4, 0.5) is 5.69 Å². The monoisotopic (exact) mass is 294 g/mol. The van der Waals surface area contributed by atoms with E-state index in [9.17, 15) is 20.0 Å². The Kier molecular flexibility index (Phi) is 4.74. The molecule has 7 nitrogen and oxygen atoms in total. The molecule has 0 aliphatic heterocycles. The molecule has 0 bridgehead atoms. The minimum atomic E-state index is -0.609. The molecule has 1 aromatic carbocycles. The molecule has 1 fully saturated rings. The predicted molar refractivity (Wildman–Crippen MR) is 75.3 cm³/mol. The predicted octanol–water partition coefficient (Wildman–Crippen LogP) is 1.49. The van der Waals surface area contributed by atoms with Crippen molar-refractivity contribution in [2.24, 2.45) is 5.92 Å². The topological polar surface area (TPSA) is 102 Å². The first-order chi connectivity index (χ1) is 10.0.